The van der Waals surface area contributed by atoms with Crippen molar-refractivity contribution >= 4 is 16.5 Å². The Kier molecular flexibility index (Phi) is 3.74. The predicted octanol–water partition coefficient (Wildman–Crippen LogP) is 2.13. The highest BCUT2D eigenvalue weighted by Crippen LogP contribution is 2.33. The Morgan fingerprint density at radius 1 is 1.31 bits per heavy atom. The monoisotopic (exact) mass is 255 g/mol. The van der Waals surface area contributed by atoms with Crippen LogP contribution in [0.5, 0.6) is 0 Å². The topological polar surface area (TPSA) is 58.0 Å². The van der Waals surface area contributed by atoms with E-state index in [0.717, 1.165) is 0 Å². The van der Waals surface area contributed by atoms with Gasteiger partial charge in [-0.1, -0.05) is 11.3 Å². The summed E-state index contributed by atoms with van der Waals surface area (Å²) in [6, 6.07) is 0. The first kappa shape index (κ1) is 13.2. The minimum Gasteiger partial charge on any atom is -0.396 e. The van der Waals surface area contributed by atoms with Gasteiger partial charge in [-0.15, -0.1) is 10.2 Å². The van der Waals surface area contributed by atoms with E-state index in [9.17, 15) is 13.2 Å². The van der Waals surface area contributed by atoms with E-state index >= 15 is 0 Å². The molecule has 0 spiro atoms. The smallest absolute Gasteiger partial charge is 0.396 e. The fourth-order valence-corrected chi connectivity index (χ4v) is 1.81. The highest BCUT2D eigenvalue weighted by molar-refractivity contribution is 7.15. The molecule has 8 heteroatoms. The van der Waals surface area contributed by atoms with E-state index in [4.69, 9.17) is 5.11 Å². The molecular formula is C8H12F3N3OS. The summed E-state index contributed by atoms with van der Waals surface area (Å²) in [5.74, 6) is 0. The molecule has 0 aromatic carbocycles. The minimum atomic E-state index is -4.46. The van der Waals surface area contributed by atoms with Gasteiger partial charge < -0.3 is 10.4 Å². The number of halogens is 3. The first-order valence-electron chi connectivity index (χ1n) is 4.54. The fraction of sp³-hybridized carbons (Fsp3) is 0.750. The molecule has 1 aromatic heterocycles. The number of anilines is 1. The number of hydrogen-bond donors (Lipinski definition) is 2. The number of nitrogens with zero attached hydrogens (tertiary/aromatic N) is 2. The van der Waals surface area contributed by atoms with Crippen LogP contribution < -0.4 is 5.32 Å². The van der Waals surface area contributed by atoms with Crippen LogP contribution in [0.15, 0.2) is 0 Å². The molecular weight excluding hydrogens is 243 g/mol. The average Bonchev–Trinajstić information content (AvgIpc) is 2.50. The van der Waals surface area contributed by atoms with Gasteiger partial charge in [-0.05, 0) is 20.3 Å². The standard InChI is InChI=1S/C8H12F3N3OS/c1-7(2,3-4-15)12-6-14-13-5(16-6)8(9,10)11/h15H,3-4H2,1-2H3,(H,12,14). The summed E-state index contributed by atoms with van der Waals surface area (Å²) in [6.45, 7) is 3.47. The highest BCUT2D eigenvalue weighted by Gasteiger charge is 2.36. The molecule has 16 heavy (non-hydrogen) atoms. The van der Waals surface area contributed by atoms with Crippen molar-refractivity contribution in [2.45, 2.75) is 32.0 Å². The lowest BCUT2D eigenvalue weighted by Crippen LogP contribution is -2.31. The normalized spacial score (nSPS) is 12.9. The van der Waals surface area contributed by atoms with Gasteiger partial charge in [0.15, 0.2) is 0 Å². The van der Waals surface area contributed by atoms with Gasteiger partial charge >= 0.3 is 6.18 Å². The van der Waals surface area contributed by atoms with Gasteiger partial charge in [0.2, 0.25) is 10.1 Å². The summed E-state index contributed by atoms with van der Waals surface area (Å²) in [7, 11) is 0. The number of aliphatic hydroxyl groups excluding tert-OH is 1. The molecule has 0 aliphatic heterocycles. The van der Waals surface area contributed by atoms with E-state index in [0.29, 0.717) is 17.8 Å². The van der Waals surface area contributed by atoms with Crippen molar-refractivity contribution < 1.29 is 18.3 Å². The summed E-state index contributed by atoms with van der Waals surface area (Å²) >= 11 is 0.453. The van der Waals surface area contributed by atoms with Gasteiger partial charge in [-0.25, -0.2) is 0 Å². The molecule has 4 nitrogen and oxygen atoms in total. The van der Waals surface area contributed by atoms with E-state index < -0.39 is 16.7 Å². The lowest BCUT2D eigenvalue weighted by molar-refractivity contribution is -0.138. The Bertz CT molecular complexity index is 351. The largest absolute Gasteiger partial charge is 0.445 e. The van der Waals surface area contributed by atoms with Crippen LogP contribution in [0.2, 0.25) is 0 Å². The molecule has 0 unspecified atom stereocenters. The maximum atomic E-state index is 12.2. The molecule has 1 heterocycles. The lowest BCUT2D eigenvalue weighted by atomic mass is 10.0. The average molecular weight is 255 g/mol. The van der Waals surface area contributed by atoms with E-state index in [2.05, 4.69) is 15.5 Å². The second kappa shape index (κ2) is 4.54. The van der Waals surface area contributed by atoms with Crippen LogP contribution >= 0.6 is 11.3 Å². The van der Waals surface area contributed by atoms with Crippen molar-refractivity contribution in [2.75, 3.05) is 11.9 Å². The summed E-state index contributed by atoms with van der Waals surface area (Å²) < 4.78 is 36.7. The SMILES string of the molecule is CC(C)(CCO)Nc1nnc(C(F)(F)F)s1. The third kappa shape index (κ3) is 3.60. The Morgan fingerprint density at radius 3 is 2.38 bits per heavy atom. The third-order valence-electron chi connectivity index (χ3n) is 1.85. The van der Waals surface area contributed by atoms with Crippen molar-refractivity contribution in [2.24, 2.45) is 0 Å². The molecule has 1 aromatic rings. The van der Waals surface area contributed by atoms with Gasteiger partial charge in [-0.2, -0.15) is 13.2 Å². The van der Waals surface area contributed by atoms with Crippen molar-refractivity contribution in [3.8, 4) is 0 Å². The quantitative estimate of drug-likeness (QED) is 0.865. The molecule has 0 fully saturated rings. The maximum absolute atomic E-state index is 12.2. The molecule has 0 aliphatic rings. The van der Waals surface area contributed by atoms with Crippen molar-refractivity contribution in [1.29, 1.82) is 0 Å². The molecule has 0 atom stereocenters. The first-order chi connectivity index (χ1) is 7.24. The number of aromatic nitrogens is 2. The highest BCUT2D eigenvalue weighted by atomic mass is 32.1. The molecule has 0 aliphatic carbocycles. The van der Waals surface area contributed by atoms with Gasteiger partial charge in [0.1, 0.15) is 0 Å². The predicted molar refractivity (Wildman–Crippen MR) is 54.3 cm³/mol. The Labute approximate surface area is 94.5 Å². The number of nitrogens with one attached hydrogen (secondary N) is 1. The third-order valence-corrected chi connectivity index (χ3v) is 2.73. The number of alkyl halides is 3. The zero-order chi connectivity index (χ0) is 12.4. The number of aliphatic hydroxyl groups is 1. The lowest BCUT2D eigenvalue weighted by Gasteiger charge is -2.24. The van der Waals surface area contributed by atoms with Crippen LogP contribution in [0.25, 0.3) is 0 Å². The molecule has 0 saturated heterocycles. The Morgan fingerprint density at radius 2 is 1.94 bits per heavy atom. The van der Waals surface area contributed by atoms with E-state index in [1.165, 1.54) is 0 Å². The fourth-order valence-electron chi connectivity index (χ4n) is 1.02. The van der Waals surface area contributed by atoms with Gasteiger partial charge in [-0.3, -0.25) is 0 Å². The van der Waals surface area contributed by atoms with Crippen molar-refractivity contribution in [3.63, 3.8) is 0 Å². The molecule has 0 bridgehead atoms. The summed E-state index contributed by atoms with van der Waals surface area (Å²) in [6.07, 6.45) is -4.05. The zero-order valence-corrected chi connectivity index (χ0v) is 9.61. The van der Waals surface area contributed by atoms with Crippen LogP contribution in [0, 0.1) is 0 Å². The molecule has 0 amide bonds. The summed E-state index contributed by atoms with van der Waals surface area (Å²) in [5, 5.41) is 17.1. The van der Waals surface area contributed by atoms with Crippen molar-refractivity contribution in [3.05, 3.63) is 5.01 Å². The Balaban J connectivity index is 2.73. The van der Waals surface area contributed by atoms with Crippen LogP contribution in [-0.2, 0) is 6.18 Å². The number of rotatable bonds is 4. The van der Waals surface area contributed by atoms with Crippen LogP contribution in [-0.4, -0.2) is 27.4 Å². The van der Waals surface area contributed by atoms with E-state index in [-0.39, 0.29) is 11.7 Å². The molecule has 1 rings (SSSR count). The summed E-state index contributed by atoms with van der Waals surface area (Å²) in [5.41, 5.74) is -0.517. The number of hydrogen-bond acceptors (Lipinski definition) is 5. The van der Waals surface area contributed by atoms with Gasteiger partial charge in [0.05, 0.1) is 0 Å². The van der Waals surface area contributed by atoms with Gasteiger partial charge in [0, 0.05) is 12.1 Å². The van der Waals surface area contributed by atoms with Crippen molar-refractivity contribution in [1.82, 2.24) is 10.2 Å². The van der Waals surface area contributed by atoms with Gasteiger partial charge in [0.25, 0.3) is 0 Å². The minimum absolute atomic E-state index is 0.0507. The van der Waals surface area contributed by atoms with Crippen LogP contribution in [0.3, 0.4) is 0 Å². The Hall–Kier alpha value is -0.890. The molecule has 0 radical (unpaired) electrons. The second-order valence-corrected chi connectivity index (χ2v) is 4.87. The molecule has 2 N–H and O–H groups in total. The zero-order valence-electron chi connectivity index (χ0n) is 8.80. The van der Waals surface area contributed by atoms with Crippen LogP contribution in [0.1, 0.15) is 25.3 Å². The molecule has 0 saturated carbocycles. The van der Waals surface area contributed by atoms with E-state index in [1.54, 1.807) is 13.8 Å². The summed E-state index contributed by atoms with van der Waals surface area (Å²) in [4.78, 5) is 0. The second-order valence-electron chi connectivity index (χ2n) is 3.89. The molecule has 92 valence electrons. The maximum Gasteiger partial charge on any atom is 0.445 e. The van der Waals surface area contributed by atoms with Crippen LogP contribution in [0.4, 0.5) is 18.3 Å². The first-order valence-corrected chi connectivity index (χ1v) is 5.36. The van der Waals surface area contributed by atoms with E-state index in [1.807, 2.05) is 0 Å².